The summed E-state index contributed by atoms with van der Waals surface area (Å²) in [6.45, 7) is 2.64. The average Bonchev–Trinajstić information content (AvgIpc) is 2.82. The maximum Gasteiger partial charge on any atom is 0.224 e. The first kappa shape index (κ1) is 16.8. The molecule has 1 aliphatic carbocycles. The molecule has 1 aromatic carbocycles. The molecule has 2 rings (SSSR count). The van der Waals surface area contributed by atoms with Crippen LogP contribution in [0.2, 0.25) is 0 Å². The van der Waals surface area contributed by atoms with Crippen LogP contribution in [0.25, 0.3) is 0 Å². The van der Waals surface area contributed by atoms with E-state index in [1.807, 2.05) is 26.1 Å². The highest BCUT2D eigenvalue weighted by molar-refractivity contribution is 5.85. The van der Waals surface area contributed by atoms with Gasteiger partial charge in [0.25, 0.3) is 0 Å². The molecule has 0 fully saturated rings. The molecule has 2 unspecified atom stereocenters. The summed E-state index contributed by atoms with van der Waals surface area (Å²) >= 11 is 0. The van der Waals surface area contributed by atoms with Crippen LogP contribution in [0.1, 0.15) is 30.5 Å². The fraction of sp³-hybridized carbons (Fsp3) is 0.533. The highest BCUT2D eigenvalue weighted by Gasteiger charge is 2.27. The highest BCUT2D eigenvalue weighted by atomic mass is 35.5. The van der Waals surface area contributed by atoms with E-state index in [0.717, 1.165) is 18.6 Å². The molecule has 0 aliphatic heterocycles. The first-order valence-corrected chi connectivity index (χ1v) is 6.78. The summed E-state index contributed by atoms with van der Waals surface area (Å²) in [4.78, 5) is 12.1. The summed E-state index contributed by atoms with van der Waals surface area (Å²) in [7, 11) is 3.55. The molecule has 1 amide bonds. The number of methoxy groups -OCH3 is 1. The fourth-order valence-electron chi connectivity index (χ4n) is 2.67. The zero-order valence-electron chi connectivity index (χ0n) is 12.2. The summed E-state index contributed by atoms with van der Waals surface area (Å²) in [5, 5.41) is 6.17. The molecule has 112 valence electrons. The summed E-state index contributed by atoms with van der Waals surface area (Å²) in [5.41, 5.74) is 2.43. The largest absolute Gasteiger partial charge is 0.496 e. The Morgan fingerprint density at radius 1 is 1.50 bits per heavy atom. The van der Waals surface area contributed by atoms with Gasteiger partial charge in [0.05, 0.1) is 13.2 Å². The minimum atomic E-state index is -0.0142. The van der Waals surface area contributed by atoms with Gasteiger partial charge in [-0.1, -0.05) is 19.1 Å². The number of hydrogen-bond donors (Lipinski definition) is 2. The van der Waals surface area contributed by atoms with Crippen LogP contribution in [0, 0.1) is 5.92 Å². The van der Waals surface area contributed by atoms with Crippen LogP contribution in [-0.4, -0.2) is 26.6 Å². The lowest BCUT2D eigenvalue weighted by molar-refractivity contribution is -0.125. The summed E-state index contributed by atoms with van der Waals surface area (Å²) in [5.74, 6) is 1.02. The number of hydrogen-bond acceptors (Lipinski definition) is 3. The maximum absolute atomic E-state index is 12.1. The van der Waals surface area contributed by atoms with Crippen molar-refractivity contribution in [3.8, 4) is 5.75 Å². The predicted molar refractivity (Wildman–Crippen MR) is 82.5 cm³/mol. The zero-order chi connectivity index (χ0) is 13.8. The van der Waals surface area contributed by atoms with E-state index in [4.69, 9.17) is 4.74 Å². The van der Waals surface area contributed by atoms with Crippen molar-refractivity contribution in [2.24, 2.45) is 5.92 Å². The first-order valence-electron chi connectivity index (χ1n) is 6.78. The van der Waals surface area contributed by atoms with Crippen molar-refractivity contribution in [3.63, 3.8) is 0 Å². The number of ether oxygens (including phenoxy) is 1. The Hall–Kier alpha value is -1.26. The molecule has 2 N–H and O–H groups in total. The lowest BCUT2D eigenvalue weighted by Gasteiger charge is -2.18. The van der Waals surface area contributed by atoms with E-state index in [1.165, 1.54) is 11.1 Å². The zero-order valence-corrected chi connectivity index (χ0v) is 13.0. The fourth-order valence-corrected chi connectivity index (χ4v) is 2.67. The number of halogens is 1. The van der Waals surface area contributed by atoms with E-state index >= 15 is 0 Å². The smallest absolute Gasteiger partial charge is 0.224 e. The number of carbonyl (C=O) groups excluding carboxylic acids is 1. The second kappa shape index (κ2) is 7.50. The number of nitrogens with one attached hydrogen (secondary N) is 2. The summed E-state index contributed by atoms with van der Waals surface area (Å²) in [6, 6.07) is 6.17. The van der Waals surface area contributed by atoms with Crippen LogP contribution in [0.5, 0.6) is 5.75 Å². The Morgan fingerprint density at radius 2 is 2.25 bits per heavy atom. The molecule has 4 nitrogen and oxygen atoms in total. The highest BCUT2D eigenvalue weighted by Crippen LogP contribution is 2.36. The van der Waals surface area contributed by atoms with Gasteiger partial charge in [-0.2, -0.15) is 0 Å². The molecule has 0 radical (unpaired) electrons. The average molecular weight is 299 g/mol. The van der Waals surface area contributed by atoms with Crippen LogP contribution in [0.3, 0.4) is 0 Å². The van der Waals surface area contributed by atoms with Gasteiger partial charge in [-0.3, -0.25) is 4.79 Å². The minimum Gasteiger partial charge on any atom is -0.496 e. The SMILES string of the molecule is CNCC(C)C(=O)NC1CCc2c(OC)cccc21.Cl. The normalized spacial score (nSPS) is 17.9. The van der Waals surface area contributed by atoms with Crippen LogP contribution in [0.15, 0.2) is 18.2 Å². The van der Waals surface area contributed by atoms with Crippen LogP contribution in [-0.2, 0) is 11.2 Å². The second-order valence-corrected chi connectivity index (χ2v) is 5.09. The van der Waals surface area contributed by atoms with Gasteiger partial charge >= 0.3 is 0 Å². The van der Waals surface area contributed by atoms with Crippen LogP contribution < -0.4 is 15.4 Å². The number of benzene rings is 1. The lowest BCUT2D eigenvalue weighted by atomic mass is 10.1. The molecule has 2 atom stereocenters. The van der Waals surface area contributed by atoms with E-state index < -0.39 is 0 Å². The van der Waals surface area contributed by atoms with Gasteiger partial charge in [0.15, 0.2) is 0 Å². The molecule has 0 saturated carbocycles. The van der Waals surface area contributed by atoms with E-state index in [9.17, 15) is 4.79 Å². The van der Waals surface area contributed by atoms with Gasteiger partial charge in [0.2, 0.25) is 5.91 Å². The number of rotatable bonds is 5. The summed E-state index contributed by atoms with van der Waals surface area (Å²) < 4.78 is 5.37. The molecular weight excluding hydrogens is 276 g/mol. The minimum absolute atomic E-state index is 0. The van der Waals surface area contributed by atoms with Crippen LogP contribution >= 0.6 is 12.4 Å². The van der Waals surface area contributed by atoms with Crippen molar-refractivity contribution in [1.82, 2.24) is 10.6 Å². The molecule has 20 heavy (non-hydrogen) atoms. The van der Waals surface area contributed by atoms with Crippen molar-refractivity contribution < 1.29 is 9.53 Å². The van der Waals surface area contributed by atoms with Gasteiger partial charge in [-0.15, -0.1) is 12.4 Å². The Balaban J connectivity index is 0.00000200. The Kier molecular flexibility index (Phi) is 6.30. The summed E-state index contributed by atoms with van der Waals surface area (Å²) in [6.07, 6.45) is 1.92. The molecule has 1 aliphatic rings. The third-order valence-electron chi connectivity index (χ3n) is 3.72. The van der Waals surface area contributed by atoms with E-state index in [0.29, 0.717) is 6.54 Å². The first-order chi connectivity index (χ1) is 9.17. The second-order valence-electron chi connectivity index (χ2n) is 5.09. The molecule has 0 heterocycles. The van der Waals surface area contributed by atoms with Crippen molar-refractivity contribution in [3.05, 3.63) is 29.3 Å². The monoisotopic (exact) mass is 298 g/mol. The van der Waals surface area contributed by atoms with Gasteiger partial charge in [-0.05, 0) is 37.1 Å². The number of amides is 1. The third-order valence-corrected chi connectivity index (χ3v) is 3.72. The Morgan fingerprint density at radius 3 is 2.90 bits per heavy atom. The lowest BCUT2D eigenvalue weighted by Crippen LogP contribution is -2.36. The molecule has 0 aromatic heterocycles. The van der Waals surface area contributed by atoms with Gasteiger partial charge in [0, 0.05) is 12.5 Å². The van der Waals surface area contributed by atoms with Crippen molar-refractivity contribution in [2.45, 2.75) is 25.8 Å². The van der Waals surface area contributed by atoms with Gasteiger partial charge < -0.3 is 15.4 Å². The standard InChI is InChI=1S/C15H22N2O2.ClH/c1-10(9-16-2)15(18)17-13-8-7-12-11(13)5-4-6-14(12)19-3;/h4-6,10,13,16H,7-9H2,1-3H3,(H,17,18);1H. The van der Waals surface area contributed by atoms with Crippen LogP contribution in [0.4, 0.5) is 0 Å². The van der Waals surface area contributed by atoms with Crippen molar-refractivity contribution in [2.75, 3.05) is 20.7 Å². The maximum atomic E-state index is 12.1. The molecular formula is C15H23ClN2O2. The Bertz CT molecular complexity index is 465. The van der Waals surface area contributed by atoms with Crippen molar-refractivity contribution in [1.29, 1.82) is 0 Å². The van der Waals surface area contributed by atoms with Crippen molar-refractivity contribution >= 4 is 18.3 Å². The topological polar surface area (TPSA) is 50.4 Å². The Labute approximate surface area is 126 Å². The molecule has 1 aromatic rings. The molecule has 5 heteroatoms. The number of fused-ring (bicyclic) bond motifs is 1. The van der Waals surface area contributed by atoms with E-state index in [1.54, 1.807) is 7.11 Å². The quantitative estimate of drug-likeness (QED) is 0.875. The molecule has 0 saturated heterocycles. The molecule has 0 bridgehead atoms. The number of carbonyl (C=O) groups is 1. The van der Waals surface area contributed by atoms with E-state index in [-0.39, 0.29) is 30.3 Å². The third kappa shape index (κ3) is 3.44. The molecule has 0 spiro atoms. The van der Waals surface area contributed by atoms with Gasteiger partial charge in [-0.25, -0.2) is 0 Å². The van der Waals surface area contributed by atoms with Gasteiger partial charge in [0.1, 0.15) is 5.75 Å². The predicted octanol–water partition coefficient (Wildman–Crippen LogP) is 2.08. The van der Waals surface area contributed by atoms with E-state index in [2.05, 4.69) is 16.7 Å².